The summed E-state index contributed by atoms with van der Waals surface area (Å²) in [6.45, 7) is 7.99. The molecule has 1 aliphatic heterocycles. The molecule has 4 heteroatoms. The molecule has 0 atom stereocenters. The molecular formula is C11H15LiO2S. The summed E-state index contributed by atoms with van der Waals surface area (Å²) in [6.07, 6.45) is -0.178. The molecule has 0 radical (unpaired) electrons. The molecule has 0 amide bonds. The second kappa shape index (κ2) is 5.03. The van der Waals surface area contributed by atoms with E-state index in [1.807, 2.05) is 0 Å². The van der Waals surface area contributed by atoms with E-state index in [-0.39, 0.29) is 30.6 Å². The van der Waals surface area contributed by atoms with Gasteiger partial charge in [0.1, 0.15) is 0 Å². The third-order valence-corrected chi connectivity index (χ3v) is 3.47. The van der Waals surface area contributed by atoms with E-state index in [0.717, 1.165) is 5.56 Å². The Morgan fingerprint density at radius 2 is 1.93 bits per heavy atom. The predicted molar refractivity (Wildman–Crippen MR) is 56.5 cm³/mol. The molecule has 2 heterocycles. The molecule has 78 valence electrons. The fraction of sp³-hybridized carbons (Fsp3) is 0.636. The molecule has 0 aromatic carbocycles. The van der Waals surface area contributed by atoms with Gasteiger partial charge < -0.3 is 9.47 Å². The molecule has 1 saturated heterocycles. The average molecular weight is 218 g/mol. The van der Waals surface area contributed by atoms with Crippen LogP contribution >= 0.6 is 11.3 Å². The van der Waals surface area contributed by atoms with Crippen LogP contribution in [0.25, 0.3) is 0 Å². The second-order valence-electron chi connectivity index (χ2n) is 4.49. The van der Waals surface area contributed by atoms with Crippen LogP contribution in [-0.4, -0.2) is 13.2 Å². The maximum absolute atomic E-state index is 5.42. The SMILES string of the molecule is CC(C)(C)c1cc(C2OCCO2)[c-]s1.[Li+]. The minimum Gasteiger partial charge on any atom is -0.348 e. The normalized spacial score (nSPS) is 17.8. The van der Waals surface area contributed by atoms with E-state index >= 15 is 0 Å². The summed E-state index contributed by atoms with van der Waals surface area (Å²) in [4.78, 5) is 1.33. The first kappa shape index (κ1) is 13.3. The molecule has 1 aromatic heterocycles. The minimum atomic E-state index is -0.178. The Kier molecular flexibility index (Phi) is 4.46. The van der Waals surface area contributed by atoms with Gasteiger partial charge >= 0.3 is 18.9 Å². The van der Waals surface area contributed by atoms with Crippen molar-refractivity contribution >= 4 is 11.3 Å². The number of rotatable bonds is 1. The van der Waals surface area contributed by atoms with Crippen molar-refractivity contribution in [3.8, 4) is 0 Å². The Labute approximate surface area is 107 Å². The number of thiophene rings is 1. The predicted octanol–water partition coefficient (Wildman–Crippen LogP) is -0.105. The van der Waals surface area contributed by atoms with Crippen molar-refractivity contribution in [2.45, 2.75) is 32.5 Å². The van der Waals surface area contributed by atoms with Gasteiger partial charge in [0, 0.05) is 0 Å². The molecule has 1 aliphatic rings. The molecular weight excluding hydrogens is 203 g/mol. The average Bonchev–Trinajstić information content (AvgIpc) is 2.73. The second-order valence-corrected chi connectivity index (χ2v) is 5.34. The van der Waals surface area contributed by atoms with Gasteiger partial charge in [0.25, 0.3) is 0 Å². The maximum atomic E-state index is 5.42. The third-order valence-electron chi connectivity index (χ3n) is 2.18. The zero-order valence-corrected chi connectivity index (χ0v) is 10.6. The Bertz CT molecular complexity index is 311. The van der Waals surface area contributed by atoms with Crippen LogP contribution in [-0.2, 0) is 14.9 Å². The van der Waals surface area contributed by atoms with Crippen LogP contribution in [0.3, 0.4) is 0 Å². The largest absolute Gasteiger partial charge is 1.00 e. The van der Waals surface area contributed by atoms with E-state index in [1.165, 1.54) is 4.88 Å². The number of ether oxygens (including phenoxy) is 2. The van der Waals surface area contributed by atoms with Gasteiger partial charge in [-0.15, -0.1) is 15.8 Å². The van der Waals surface area contributed by atoms with Gasteiger partial charge in [-0.25, -0.2) is 0 Å². The standard InChI is InChI=1S/C11H15O2S.Li/c1-11(2,3)9-6-8(7-14-9)10-12-4-5-13-10;/h6,10H,4-5H2,1-3H3;/q-1;+1. The first-order valence-corrected chi connectivity index (χ1v) is 5.64. The van der Waals surface area contributed by atoms with Crippen LogP contribution < -0.4 is 18.9 Å². The van der Waals surface area contributed by atoms with Gasteiger partial charge in [-0.2, -0.15) is 6.07 Å². The van der Waals surface area contributed by atoms with Gasteiger partial charge in [-0.1, -0.05) is 26.2 Å². The summed E-state index contributed by atoms with van der Waals surface area (Å²) in [6, 6.07) is 2.14. The van der Waals surface area contributed by atoms with E-state index in [4.69, 9.17) is 9.47 Å². The Morgan fingerprint density at radius 3 is 2.40 bits per heavy atom. The van der Waals surface area contributed by atoms with Crippen LogP contribution in [0, 0.1) is 5.38 Å². The van der Waals surface area contributed by atoms with Crippen LogP contribution in [0.1, 0.15) is 37.5 Å². The fourth-order valence-corrected chi connectivity index (χ4v) is 2.21. The van der Waals surface area contributed by atoms with Crippen molar-refractivity contribution in [2.75, 3.05) is 13.2 Å². The molecule has 1 aromatic rings. The summed E-state index contributed by atoms with van der Waals surface area (Å²) in [7, 11) is 0. The van der Waals surface area contributed by atoms with Gasteiger partial charge in [-0.3, -0.25) is 11.3 Å². The quantitative estimate of drug-likeness (QED) is 0.484. The molecule has 0 unspecified atom stereocenters. The fourth-order valence-electron chi connectivity index (χ4n) is 1.34. The van der Waals surface area contributed by atoms with E-state index in [9.17, 15) is 0 Å². The summed E-state index contributed by atoms with van der Waals surface area (Å²) < 4.78 is 10.8. The van der Waals surface area contributed by atoms with Crippen molar-refractivity contribution in [2.24, 2.45) is 0 Å². The van der Waals surface area contributed by atoms with Crippen LogP contribution in [0.2, 0.25) is 0 Å². The summed E-state index contributed by atoms with van der Waals surface area (Å²) in [5.41, 5.74) is 1.23. The van der Waals surface area contributed by atoms with Crippen molar-refractivity contribution in [3.63, 3.8) is 0 Å². The van der Waals surface area contributed by atoms with Gasteiger partial charge in [0.05, 0.1) is 13.2 Å². The summed E-state index contributed by atoms with van der Waals surface area (Å²) in [5, 5.41) is 3.25. The zero-order chi connectivity index (χ0) is 10.2. The topological polar surface area (TPSA) is 18.5 Å². The molecule has 15 heavy (non-hydrogen) atoms. The number of hydrogen-bond donors (Lipinski definition) is 0. The molecule has 1 fully saturated rings. The molecule has 0 N–H and O–H groups in total. The van der Waals surface area contributed by atoms with Crippen LogP contribution in [0.4, 0.5) is 0 Å². The minimum absolute atomic E-state index is 0. The first-order valence-electron chi connectivity index (χ1n) is 4.82. The van der Waals surface area contributed by atoms with Gasteiger partial charge in [0.2, 0.25) is 0 Å². The molecule has 0 spiro atoms. The zero-order valence-electron chi connectivity index (χ0n) is 9.79. The van der Waals surface area contributed by atoms with Crippen LogP contribution in [0.5, 0.6) is 0 Å². The van der Waals surface area contributed by atoms with E-state index in [0.29, 0.717) is 13.2 Å². The Morgan fingerprint density at radius 1 is 1.33 bits per heavy atom. The Hall–Kier alpha value is 0.217. The third kappa shape index (κ3) is 3.09. The van der Waals surface area contributed by atoms with Crippen molar-refractivity contribution in [1.82, 2.24) is 0 Å². The molecule has 0 aliphatic carbocycles. The van der Waals surface area contributed by atoms with Gasteiger partial charge in [-0.05, 0) is 0 Å². The van der Waals surface area contributed by atoms with E-state index in [2.05, 4.69) is 32.2 Å². The number of hydrogen-bond acceptors (Lipinski definition) is 3. The summed E-state index contributed by atoms with van der Waals surface area (Å²) >= 11 is 1.66. The summed E-state index contributed by atoms with van der Waals surface area (Å²) in [5.74, 6) is 0. The Balaban J connectivity index is 0.00000112. The van der Waals surface area contributed by atoms with E-state index in [1.54, 1.807) is 11.3 Å². The smallest absolute Gasteiger partial charge is 0.348 e. The van der Waals surface area contributed by atoms with Gasteiger partial charge in [0.15, 0.2) is 6.29 Å². The van der Waals surface area contributed by atoms with Crippen LogP contribution in [0.15, 0.2) is 6.07 Å². The molecule has 2 rings (SSSR count). The van der Waals surface area contributed by atoms with E-state index < -0.39 is 0 Å². The molecule has 0 saturated carbocycles. The molecule has 2 nitrogen and oxygen atoms in total. The maximum Gasteiger partial charge on any atom is 1.00 e. The van der Waals surface area contributed by atoms with Crippen molar-refractivity contribution in [3.05, 3.63) is 21.9 Å². The van der Waals surface area contributed by atoms with Crippen molar-refractivity contribution < 1.29 is 28.3 Å². The monoisotopic (exact) mass is 218 g/mol. The first-order chi connectivity index (χ1) is 6.57. The molecule has 0 bridgehead atoms. The van der Waals surface area contributed by atoms with Crippen molar-refractivity contribution in [1.29, 1.82) is 0 Å².